The third-order valence-electron chi connectivity index (χ3n) is 3.91. The fourth-order valence-electron chi connectivity index (χ4n) is 2.52. The standard InChI is InChI=1S/C16H20FNO3/c1-10-5-6-12(9-13(10)17)14-7-8-16(3,4)15(20)18(14)21-11(2)19/h5-6,9,14H,7-8H2,1-4H3. The summed E-state index contributed by atoms with van der Waals surface area (Å²) in [5.74, 6) is -1.14. The number of carbonyl (C=O) groups is 2. The molecule has 21 heavy (non-hydrogen) atoms. The Hall–Kier alpha value is -1.91. The number of hydrogen-bond acceptors (Lipinski definition) is 3. The Bertz CT molecular complexity index is 583. The highest BCUT2D eigenvalue weighted by Gasteiger charge is 2.43. The molecule has 1 saturated heterocycles. The van der Waals surface area contributed by atoms with Gasteiger partial charge in [-0.1, -0.05) is 26.0 Å². The molecule has 0 spiro atoms. The summed E-state index contributed by atoms with van der Waals surface area (Å²) in [6.07, 6.45) is 1.28. The molecule has 1 aromatic carbocycles. The van der Waals surface area contributed by atoms with Crippen molar-refractivity contribution in [2.75, 3.05) is 0 Å². The van der Waals surface area contributed by atoms with E-state index in [-0.39, 0.29) is 11.7 Å². The Morgan fingerprint density at radius 2 is 2.10 bits per heavy atom. The van der Waals surface area contributed by atoms with Crippen LogP contribution in [0.2, 0.25) is 0 Å². The van der Waals surface area contributed by atoms with Gasteiger partial charge in [-0.15, -0.1) is 0 Å². The van der Waals surface area contributed by atoms with E-state index >= 15 is 0 Å². The Morgan fingerprint density at radius 1 is 1.43 bits per heavy atom. The molecule has 114 valence electrons. The summed E-state index contributed by atoms with van der Waals surface area (Å²) in [6, 6.07) is 4.40. The smallest absolute Gasteiger partial charge is 0.329 e. The van der Waals surface area contributed by atoms with Crippen molar-refractivity contribution in [1.82, 2.24) is 5.06 Å². The van der Waals surface area contributed by atoms with Crippen LogP contribution in [0.5, 0.6) is 0 Å². The minimum Gasteiger partial charge on any atom is -0.338 e. The van der Waals surface area contributed by atoms with Crippen LogP contribution in [-0.4, -0.2) is 16.9 Å². The number of hydroxylamine groups is 2. The van der Waals surface area contributed by atoms with Crippen molar-refractivity contribution < 1.29 is 18.8 Å². The monoisotopic (exact) mass is 293 g/mol. The van der Waals surface area contributed by atoms with Crippen LogP contribution in [0, 0.1) is 18.2 Å². The normalized spacial score (nSPS) is 21.3. The molecule has 0 saturated carbocycles. The molecule has 1 aliphatic heterocycles. The third kappa shape index (κ3) is 3.06. The second-order valence-corrected chi connectivity index (χ2v) is 6.16. The number of aryl methyl sites for hydroxylation is 1. The minimum atomic E-state index is -0.588. The molecule has 0 aliphatic carbocycles. The summed E-state index contributed by atoms with van der Waals surface area (Å²) in [5, 5.41) is 1.11. The van der Waals surface area contributed by atoms with Crippen LogP contribution in [0.1, 0.15) is 50.8 Å². The molecule has 5 heteroatoms. The molecule has 1 aliphatic rings. The number of hydrogen-bond donors (Lipinski definition) is 0. The van der Waals surface area contributed by atoms with Gasteiger partial charge in [0, 0.05) is 12.3 Å². The van der Waals surface area contributed by atoms with Crippen LogP contribution in [0.25, 0.3) is 0 Å². The lowest BCUT2D eigenvalue weighted by atomic mass is 9.80. The predicted molar refractivity (Wildman–Crippen MR) is 75.5 cm³/mol. The van der Waals surface area contributed by atoms with E-state index < -0.39 is 17.4 Å². The maximum Gasteiger partial charge on any atom is 0.329 e. The Morgan fingerprint density at radius 3 is 2.67 bits per heavy atom. The summed E-state index contributed by atoms with van der Waals surface area (Å²) >= 11 is 0. The zero-order valence-electron chi connectivity index (χ0n) is 12.8. The van der Waals surface area contributed by atoms with Gasteiger partial charge in [0.15, 0.2) is 0 Å². The van der Waals surface area contributed by atoms with Crippen molar-refractivity contribution >= 4 is 11.9 Å². The summed E-state index contributed by atoms with van der Waals surface area (Å²) in [6.45, 7) is 6.56. The SMILES string of the molecule is CC(=O)ON1C(=O)C(C)(C)CCC1c1ccc(C)c(F)c1. The number of halogens is 1. The molecule has 1 amide bonds. The highest BCUT2D eigenvalue weighted by molar-refractivity contribution is 5.83. The topological polar surface area (TPSA) is 46.6 Å². The first kappa shape index (κ1) is 15.5. The van der Waals surface area contributed by atoms with Crippen LogP contribution in [0.15, 0.2) is 18.2 Å². The van der Waals surface area contributed by atoms with E-state index in [1.165, 1.54) is 13.0 Å². The maximum absolute atomic E-state index is 13.8. The quantitative estimate of drug-likeness (QED) is 0.840. The first-order valence-electron chi connectivity index (χ1n) is 7.00. The average Bonchev–Trinajstić information content (AvgIpc) is 2.38. The number of benzene rings is 1. The zero-order chi connectivity index (χ0) is 15.8. The van der Waals surface area contributed by atoms with Gasteiger partial charge >= 0.3 is 5.97 Å². The van der Waals surface area contributed by atoms with Crippen molar-refractivity contribution in [3.8, 4) is 0 Å². The molecule has 0 radical (unpaired) electrons. The van der Waals surface area contributed by atoms with Gasteiger partial charge in [-0.25, -0.2) is 4.39 Å². The summed E-state index contributed by atoms with van der Waals surface area (Å²) < 4.78 is 13.8. The first-order chi connectivity index (χ1) is 9.72. The predicted octanol–water partition coefficient (Wildman–Crippen LogP) is 3.30. The zero-order valence-corrected chi connectivity index (χ0v) is 12.8. The van der Waals surface area contributed by atoms with Crippen molar-refractivity contribution in [1.29, 1.82) is 0 Å². The number of piperidine rings is 1. The second kappa shape index (κ2) is 5.47. The van der Waals surface area contributed by atoms with Crippen LogP contribution in [0.4, 0.5) is 4.39 Å². The van der Waals surface area contributed by atoms with Crippen LogP contribution >= 0.6 is 0 Å². The first-order valence-corrected chi connectivity index (χ1v) is 7.00. The molecule has 0 bridgehead atoms. The molecular weight excluding hydrogens is 273 g/mol. The molecule has 0 aromatic heterocycles. The number of rotatable bonds is 2. The van der Waals surface area contributed by atoms with Crippen LogP contribution in [-0.2, 0) is 14.4 Å². The number of nitrogens with zero attached hydrogens (tertiary/aromatic N) is 1. The van der Waals surface area contributed by atoms with Gasteiger partial charge in [-0.2, -0.15) is 5.06 Å². The van der Waals surface area contributed by atoms with Crippen molar-refractivity contribution in [3.05, 3.63) is 35.1 Å². The van der Waals surface area contributed by atoms with Crippen LogP contribution < -0.4 is 0 Å². The number of carbonyl (C=O) groups excluding carboxylic acids is 2. The molecule has 1 heterocycles. The molecule has 1 fully saturated rings. The van der Waals surface area contributed by atoms with E-state index in [0.29, 0.717) is 24.0 Å². The fraction of sp³-hybridized carbons (Fsp3) is 0.500. The van der Waals surface area contributed by atoms with Gasteiger partial charge in [0.05, 0.1) is 6.04 Å². The van der Waals surface area contributed by atoms with E-state index in [1.807, 2.05) is 13.8 Å². The van der Waals surface area contributed by atoms with Gasteiger partial charge in [0.1, 0.15) is 5.82 Å². The van der Waals surface area contributed by atoms with E-state index in [0.717, 1.165) is 5.06 Å². The van der Waals surface area contributed by atoms with Crippen molar-refractivity contribution in [3.63, 3.8) is 0 Å². The Labute approximate surface area is 123 Å². The van der Waals surface area contributed by atoms with E-state index in [1.54, 1.807) is 19.1 Å². The summed E-state index contributed by atoms with van der Waals surface area (Å²) in [7, 11) is 0. The average molecular weight is 293 g/mol. The molecular formula is C16H20FNO3. The lowest BCUT2D eigenvalue weighted by Crippen LogP contribution is -2.48. The number of amides is 1. The van der Waals surface area contributed by atoms with Gasteiger partial charge in [-0.05, 0) is 37.0 Å². The molecule has 2 rings (SSSR count). The Kier molecular flexibility index (Phi) is 4.03. The second-order valence-electron chi connectivity index (χ2n) is 6.16. The van der Waals surface area contributed by atoms with Gasteiger partial charge in [0.25, 0.3) is 5.91 Å². The molecule has 0 N–H and O–H groups in total. The van der Waals surface area contributed by atoms with Crippen molar-refractivity contribution in [2.24, 2.45) is 5.41 Å². The van der Waals surface area contributed by atoms with Gasteiger partial charge < -0.3 is 4.84 Å². The highest BCUT2D eigenvalue weighted by Crippen LogP contribution is 2.40. The maximum atomic E-state index is 13.8. The van der Waals surface area contributed by atoms with Crippen molar-refractivity contribution in [2.45, 2.75) is 46.6 Å². The molecule has 1 atom stereocenters. The third-order valence-corrected chi connectivity index (χ3v) is 3.91. The van der Waals surface area contributed by atoms with Gasteiger partial charge in [0.2, 0.25) is 0 Å². The van der Waals surface area contributed by atoms with E-state index in [2.05, 4.69) is 0 Å². The van der Waals surface area contributed by atoms with Crippen LogP contribution in [0.3, 0.4) is 0 Å². The van der Waals surface area contributed by atoms with Gasteiger partial charge in [-0.3, -0.25) is 9.59 Å². The lowest BCUT2D eigenvalue weighted by Gasteiger charge is -2.41. The Balaban J connectivity index is 2.37. The summed E-state index contributed by atoms with van der Waals surface area (Å²) in [5.41, 5.74) is 0.596. The molecule has 4 nitrogen and oxygen atoms in total. The lowest BCUT2D eigenvalue weighted by molar-refractivity contribution is -0.220. The fourth-order valence-corrected chi connectivity index (χ4v) is 2.52. The molecule has 1 unspecified atom stereocenters. The minimum absolute atomic E-state index is 0.255. The summed E-state index contributed by atoms with van der Waals surface area (Å²) in [4.78, 5) is 28.8. The molecule has 1 aromatic rings. The van der Waals surface area contributed by atoms with E-state index in [9.17, 15) is 14.0 Å². The highest BCUT2D eigenvalue weighted by atomic mass is 19.1. The largest absolute Gasteiger partial charge is 0.338 e. The van der Waals surface area contributed by atoms with E-state index in [4.69, 9.17) is 4.84 Å².